The van der Waals surface area contributed by atoms with Crippen LogP contribution in [0.25, 0.3) is 0 Å². The van der Waals surface area contributed by atoms with Crippen LogP contribution in [-0.2, 0) is 4.79 Å². The SMILES string of the molecule is N[C@@]1(C(=O)O)CCCC[C@H]1c1ccccc1. The number of nitrogens with two attached hydrogens (primary N) is 1. The van der Waals surface area contributed by atoms with Crippen LogP contribution in [0.3, 0.4) is 0 Å². The van der Waals surface area contributed by atoms with E-state index in [4.69, 9.17) is 5.73 Å². The molecule has 3 nitrogen and oxygen atoms in total. The standard InChI is InChI=1S/C13H17NO2/c14-13(12(15)16)9-5-4-8-11(13)10-6-2-1-3-7-10/h1-3,6-7,11H,4-5,8-9,14H2,(H,15,16)/t11-,13-/m0/s1. The van der Waals surface area contributed by atoms with E-state index in [2.05, 4.69) is 0 Å². The minimum absolute atomic E-state index is 0.0556. The van der Waals surface area contributed by atoms with Crippen molar-refractivity contribution in [3.63, 3.8) is 0 Å². The summed E-state index contributed by atoms with van der Waals surface area (Å²) < 4.78 is 0. The van der Waals surface area contributed by atoms with Gasteiger partial charge in [-0.05, 0) is 18.4 Å². The van der Waals surface area contributed by atoms with Crippen molar-refractivity contribution >= 4 is 5.97 Å². The van der Waals surface area contributed by atoms with Crippen molar-refractivity contribution in [2.24, 2.45) is 5.73 Å². The molecule has 1 aromatic rings. The van der Waals surface area contributed by atoms with Gasteiger partial charge in [-0.2, -0.15) is 0 Å². The van der Waals surface area contributed by atoms with Gasteiger partial charge in [0.05, 0.1) is 0 Å². The molecule has 0 amide bonds. The first-order valence-electron chi connectivity index (χ1n) is 5.72. The number of carbonyl (C=O) groups is 1. The molecule has 1 aliphatic carbocycles. The maximum Gasteiger partial charge on any atom is 0.324 e. The van der Waals surface area contributed by atoms with E-state index in [1.54, 1.807) is 0 Å². The van der Waals surface area contributed by atoms with E-state index in [0.29, 0.717) is 6.42 Å². The van der Waals surface area contributed by atoms with Crippen molar-refractivity contribution in [2.45, 2.75) is 37.1 Å². The van der Waals surface area contributed by atoms with Crippen LogP contribution in [0, 0.1) is 0 Å². The molecule has 3 N–H and O–H groups in total. The summed E-state index contributed by atoms with van der Waals surface area (Å²) in [5.74, 6) is -0.930. The van der Waals surface area contributed by atoms with Gasteiger partial charge in [-0.15, -0.1) is 0 Å². The number of hydrogen-bond donors (Lipinski definition) is 2. The Labute approximate surface area is 95.3 Å². The second kappa shape index (κ2) is 4.26. The van der Waals surface area contributed by atoms with Crippen LogP contribution < -0.4 is 5.73 Å². The minimum Gasteiger partial charge on any atom is -0.480 e. The highest BCUT2D eigenvalue weighted by molar-refractivity contribution is 5.80. The van der Waals surface area contributed by atoms with Gasteiger partial charge in [-0.1, -0.05) is 43.2 Å². The van der Waals surface area contributed by atoms with Gasteiger partial charge in [-0.25, -0.2) is 0 Å². The Bertz CT molecular complexity index is 377. The molecule has 3 heteroatoms. The molecule has 1 aromatic carbocycles. The molecule has 1 aliphatic rings. The number of rotatable bonds is 2. The summed E-state index contributed by atoms with van der Waals surface area (Å²) in [6.45, 7) is 0. The average molecular weight is 219 g/mol. The highest BCUT2D eigenvalue weighted by Gasteiger charge is 2.44. The Hall–Kier alpha value is -1.35. The predicted octanol–water partition coefficient (Wildman–Crippen LogP) is 2.13. The van der Waals surface area contributed by atoms with Gasteiger partial charge < -0.3 is 10.8 Å². The first-order valence-corrected chi connectivity index (χ1v) is 5.72. The molecule has 2 atom stereocenters. The molecule has 0 spiro atoms. The summed E-state index contributed by atoms with van der Waals surface area (Å²) in [5, 5.41) is 9.30. The first kappa shape index (κ1) is 11.1. The molecule has 0 unspecified atom stereocenters. The van der Waals surface area contributed by atoms with Crippen molar-refractivity contribution in [1.82, 2.24) is 0 Å². The van der Waals surface area contributed by atoms with Gasteiger partial charge in [0.15, 0.2) is 0 Å². The van der Waals surface area contributed by atoms with Crippen molar-refractivity contribution in [3.05, 3.63) is 35.9 Å². The minimum atomic E-state index is -1.08. The molecule has 0 aliphatic heterocycles. The summed E-state index contributed by atoms with van der Waals surface area (Å²) in [6, 6.07) is 9.75. The molecule has 0 bridgehead atoms. The number of hydrogen-bond acceptors (Lipinski definition) is 2. The first-order chi connectivity index (χ1) is 7.64. The van der Waals surface area contributed by atoms with Gasteiger partial charge in [0, 0.05) is 5.92 Å². The van der Waals surface area contributed by atoms with Gasteiger partial charge >= 0.3 is 5.97 Å². The smallest absolute Gasteiger partial charge is 0.324 e. The fraction of sp³-hybridized carbons (Fsp3) is 0.462. The van der Waals surface area contributed by atoms with Crippen molar-refractivity contribution in [2.75, 3.05) is 0 Å². The predicted molar refractivity (Wildman–Crippen MR) is 62.2 cm³/mol. The third-order valence-corrected chi connectivity index (χ3v) is 3.56. The normalized spacial score (nSPS) is 29.9. The fourth-order valence-electron chi connectivity index (χ4n) is 2.60. The Morgan fingerprint density at radius 2 is 2.00 bits per heavy atom. The average Bonchev–Trinajstić information content (AvgIpc) is 2.30. The van der Waals surface area contributed by atoms with Crippen LogP contribution in [-0.4, -0.2) is 16.6 Å². The molecule has 2 rings (SSSR count). The molecular weight excluding hydrogens is 202 g/mol. The Morgan fingerprint density at radius 3 is 2.62 bits per heavy atom. The van der Waals surface area contributed by atoms with E-state index in [-0.39, 0.29) is 5.92 Å². The van der Waals surface area contributed by atoms with Crippen molar-refractivity contribution < 1.29 is 9.90 Å². The lowest BCUT2D eigenvalue weighted by Crippen LogP contribution is -2.54. The maximum absolute atomic E-state index is 11.3. The van der Waals surface area contributed by atoms with Crippen molar-refractivity contribution in [1.29, 1.82) is 0 Å². The van der Waals surface area contributed by atoms with Crippen LogP contribution in [0.4, 0.5) is 0 Å². The number of carboxylic acids is 1. The van der Waals surface area contributed by atoms with Gasteiger partial charge in [0.1, 0.15) is 5.54 Å². The van der Waals surface area contributed by atoms with Crippen LogP contribution in [0.1, 0.15) is 37.2 Å². The van der Waals surface area contributed by atoms with Crippen molar-refractivity contribution in [3.8, 4) is 0 Å². The second-order valence-electron chi connectivity index (χ2n) is 4.55. The van der Waals surface area contributed by atoms with Crippen LogP contribution in [0.15, 0.2) is 30.3 Å². The van der Waals surface area contributed by atoms with Gasteiger partial charge in [0.2, 0.25) is 0 Å². The van der Waals surface area contributed by atoms with Crippen LogP contribution in [0.2, 0.25) is 0 Å². The zero-order chi connectivity index (χ0) is 11.6. The van der Waals surface area contributed by atoms with Crippen LogP contribution >= 0.6 is 0 Å². The lowest BCUT2D eigenvalue weighted by Gasteiger charge is -2.38. The third-order valence-electron chi connectivity index (χ3n) is 3.56. The summed E-state index contributed by atoms with van der Waals surface area (Å²) in [4.78, 5) is 11.3. The molecule has 86 valence electrons. The van der Waals surface area contributed by atoms with E-state index in [1.165, 1.54) is 0 Å². The number of aliphatic carboxylic acids is 1. The third kappa shape index (κ3) is 1.83. The lowest BCUT2D eigenvalue weighted by atomic mass is 9.70. The quantitative estimate of drug-likeness (QED) is 0.800. The zero-order valence-corrected chi connectivity index (χ0v) is 9.23. The number of benzene rings is 1. The zero-order valence-electron chi connectivity index (χ0n) is 9.23. The summed E-state index contributed by atoms with van der Waals surface area (Å²) in [7, 11) is 0. The van der Waals surface area contributed by atoms with Gasteiger partial charge in [-0.3, -0.25) is 4.79 Å². The fourth-order valence-corrected chi connectivity index (χ4v) is 2.60. The Balaban J connectivity index is 2.34. The largest absolute Gasteiger partial charge is 0.480 e. The molecule has 16 heavy (non-hydrogen) atoms. The second-order valence-corrected chi connectivity index (χ2v) is 4.55. The van der Waals surface area contributed by atoms with Crippen LogP contribution in [0.5, 0.6) is 0 Å². The lowest BCUT2D eigenvalue weighted by molar-refractivity contribution is -0.145. The van der Waals surface area contributed by atoms with E-state index in [1.807, 2.05) is 30.3 Å². The Kier molecular flexibility index (Phi) is 2.97. The molecule has 0 radical (unpaired) electrons. The molecule has 1 fully saturated rings. The highest BCUT2D eigenvalue weighted by Crippen LogP contribution is 2.39. The summed E-state index contributed by atoms with van der Waals surface area (Å²) in [5.41, 5.74) is 6.04. The van der Waals surface area contributed by atoms with E-state index >= 15 is 0 Å². The topological polar surface area (TPSA) is 63.3 Å². The molecule has 0 heterocycles. The number of carboxylic acid groups (broad SMARTS) is 1. The molecule has 0 saturated heterocycles. The monoisotopic (exact) mass is 219 g/mol. The van der Waals surface area contributed by atoms with E-state index < -0.39 is 11.5 Å². The maximum atomic E-state index is 11.3. The molecule has 0 aromatic heterocycles. The van der Waals surface area contributed by atoms with E-state index in [9.17, 15) is 9.90 Å². The molecule has 1 saturated carbocycles. The summed E-state index contributed by atoms with van der Waals surface area (Å²) >= 11 is 0. The Morgan fingerprint density at radius 1 is 1.31 bits per heavy atom. The van der Waals surface area contributed by atoms with E-state index in [0.717, 1.165) is 24.8 Å². The van der Waals surface area contributed by atoms with Gasteiger partial charge in [0.25, 0.3) is 0 Å². The molecular formula is C13H17NO2. The highest BCUT2D eigenvalue weighted by atomic mass is 16.4. The summed E-state index contributed by atoms with van der Waals surface area (Å²) in [6.07, 6.45) is 3.41.